The second kappa shape index (κ2) is 11.7. The number of hydrogen-bond acceptors (Lipinski definition) is 5. The minimum absolute atomic E-state index is 0.0357. The molecule has 0 bridgehead atoms. The maximum absolute atomic E-state index is 13.0. The summed E-state index contributed by atoms with van der Waals surface area (Å²) in [6, 6.07) is 5.76. The Balaban J connectivity index is 1.10. The van der Waals surface area contributed by atoms with Crippen molar-refractivity contribution in [1.29, 1.82) is 0 Å². The molecule has 0 aliphatic carbocycles. The molecule has 4 aliphatic rings. The summed E-state index contributed by atoms with van der Waals surface area (Å²) < 4.78 is 6.52. The van der Waals surface area contributed by atoms with Gasteiger partial charge in [-0.1, -0.05) is 13.4 Å². The van der Waals surface area contributed by atoms with E-state index in [0.717, 1.165) is 70.5 Å². The number of nitrogens with one attached hydrogen (secondary N) is 1. The van der Waals surface area contributed by atoms with E-state index in [1.54, 1.807) is 4.90 Å². The second-order valence-corrected chi connectivity index (χ2v) is 12.0. The number of fused-ring (bicyclic) bond motifs is 1. The Morgan fingerprint density at radius 2 is 1.81 bits per heavy atom. The molecule has 1 N–H and O–H groups in total. The normalized spacial score (nSPS) is 24.6. The molecule has 36 heavy (non-hydrogen) atoms. The largest absolute Gasteiger partial charge is 0.375 e. The van der Waals surface area contributed by atoms with Gasteiger partial charge in [0.2, 0.25) is 5.91 Å². The highest BCUT2D eigenvalue weighted by molar-refractivity contribution is 7.70. The monoisotopic (exact) mass is 509 g/mol. The minimum atomic E-state index is -0.408. The van der Waals surface area contributed by atoms with Crippen molar-refractivity contribution >= 4 is 33.0 Å². The molecule has 0 spiro atoms. The van der Waals surface area contributed by atoms with Gasteiger partial charge in [0.1, 0.15) is 13.0 Å². The van der Waals surface area contributed by atoms with Crippen LogP contribution < -0.4 is 10.2 Å². The van der Waals surface area contributed by atoms with Crippen LogP contribution in [0.5, 0.6) is 0 Å². The number of carbonyl (C=O) groups is 2. The van der Waals surface area contributed by atoms with Crippen molar-refractivity contribution in [2.45, 2.75) is 70.1 Å². The van der Waals surface area contributed by atoms with Crippen molar-refractivity contribution in [3.63, 3.8) is 0 Å². The highest BCUT2D eigenvalue weighted by Crippen LogP contribution is 2.32. The van der Waals surface area contributed by atoms with Gasteiger partial charge in [0.15, 0.2) is 0 Å². The molecule has 1 aromatic rings. The maximum atomic E-state index is 13.0. The lowest BCUT2D eigenvalue weighted by Crippen LogP contribution is -2.49. The minimum Gasteiger partial charge on any atom is -0.375 e. The highest BCUT2D eigenvalue weighted by Gasteiger charge is 2.38. The molecular weight excluding hydrogens is 470 g/mol. The van der Waals surface area contributed by atoms with E-state index in [4.69, 9.17) is 4.74 Å². The second-order valence-electron chi connectivity index (χ2n) is 10.5. The lowest BCUT2D eigenvalue weighted by atomic mass is 10.0. The quantitative estimate of drug-likeness (QED) is 0.331. The zero-order valence-electron chi connectivity index (χ0n) is 21.5. The van der Waals surface area contributed by atoms with Crippen LogP contribution in [0.15, 0.2) is 30.5 Å². The number of carbonyl (C=O) groups excluding carboxylic acids is 2. The third-order valence-corrected chi connectivity index (χ3v) is 9.04. The smallest absolute Gasteiger partial charge is 0.255 e. The van der Waals surface area contributed by atoms with E-state index < -0.39 is 6.04 Å². The summed E-state index contributed by atoms with van der Waals surface area (Å²) in [5.74, 6) is -0.151. The fourth-order valence-electron chi connectivity index (χ4n) is 6.00. The van der Waals surface area contributed by atoms with Gasteiger partial charge in [0.25, 0.3) is 5.91 Å². The Labute approximate surface area is 218 Å². The summed E-state index contributed by atoms with van der Waals surface area (Å²) in [5.41, 5.74) is 3.66. The lowest BCUT2D eigenvalue weighted by Gasteiger charge is -2.38. The van der Waals surface area contributed by atoms with Gasteiger partial charge in [-0.05, 0) is 68.4 Å². The molecule has 9 heteroatoms. The molecule has 4 aliphatic heterocycles. The molecule has 2 amide bonds. The van der Waals surface area contributed by atoms with Gasteiger partial charge in [-0.3, -0.25) is 9.59 Å². The van der Waals surface area contributed by atoms with Crippen LogP contribution in [0.4, 0.5) is 5.69 Å². The number of piperidine rings is 3. The van der Waals surface area contributed by atoms with Gasteiger partial charge in [-0.25, -0.2) is 0 Å². The van der Waals surface area contributed by atoms with Crippen molar-refractivity contribution in [3.8, 4) is 0 Å². The highest BCUT2D eigenvalue weighted by atomic mass is 31.1. The molecule has 1 aromatic carbocycles. The van der Waals surface area contributed by atoms with Crippen LogP contribution in [0, 0.1) is 0 Å². The van der Waals surface area contributed by atoms with E-state index in [9.17, 15) is 9.59 Å². The molecule has 5 rings (SSSR count). The predicted molar refractivity (Wildman–Crippen MR) is 147 cm³/mol. The van der Waals surface area contributed by atoms with E-state index in [2.05, 4.69) is 47.7 Å². The maximum Gasteiger partial charge on any atom is 0.255 e. The summed E-state index contributed by atoms with van der Waals surface area (Å²) in [6.07, 6.45) is 7.80. The number of benzene rings is 1. The van der Waals surface area contributed by atoms with E-state index in [1.165, 1.54) is 31.5 Å². The van der Waals surface area contributed by atoms with Crippen molar-refractivity contribution in [2.24, 2.45) is 0 Å². The van der Waals surface area contributed by atoms with Crippen molar-refractivity contribution in [3.05, 3.63) is 41.6 Å². The Morgan fingerprint density at radius 3 is 2.50 bits per heavy atom. The van der Waals surface area contributed by atoms with Crippen LogP contribution in [0.25, 0.3) is 0 Å². The molecule has 4 heterocycles. The summed E-state index contributed by atoms with van der Waals surface area (Å²) in [6.45, 7) is 14.3. The predicted octanol–water partition coefficient (Wildman–Crippen LogP) is 3.23. The molecule has 1 unspecified atom stereocenters. The molecular formula is C27H39BN4O3P. The molecule has 0 aromatic heterocycles. The van der Waals surface area contributed by atoms with Crippen LogP contribution in [0.3, 0.4) is 0 Å². The average Bonchev–Trinajstić information content (AvgIpc) is 3.21. The zero-order chi connectivity index (χ0) is 25.1. The van der Waals surface area contributed by atoms with E-state index >= 15 is 0 Å². The van der Waals surface area contributed by atoms with E-state index in [-0.39, 0.29) is 11.8 Å². The van der Waals surface area contributed by atoms with Gasteiger partial charge in [0.05, 0.1) is 12.2 Å². The fourth-order valence-corrected chi connectivity index (χ4v) is 6.73. The fraction of sp³-hybridized carbons (Fsp3) is 0.630. The van der Waals surface area contributed by atoms with Crippen molar-refractivity contribution in [2.75, 3.05) is 43.8 Å². The van der Waals surface area contributed by atoms with Gasteiger partial charge >= 0.3 is 0 Å². The topological polar surface area (TPSA) is 65.1 Å². The Kier molecular flexibility index (Phi) is 8.34. The van der Waals surface area contributed by atoms with Crippen LogP contribution in [-0.2, 0) is 16.1 Å². The molecule has 3 saturated heterocycles. The third kappa shape index (κ3) is 5.82. The molecule has 193 valence electrons. The number of allylic oxidation sites excluding steroid dienone is 1. The summed E-state index contributed by atoms with van der Waals surface area (Å²) in [5, 5.41) is 2.81. The first-order valence-electron chi connectivity index (χ1n) is 13.6. The van der Waals surface area contributed by atoms with Crippen molar-refractivity contribution in [1.82, 2.24) is 15.1 Å². The molecule has 3 fully saturated rings. The first kappa shape index (κ1) is 25.8. The van der Waals surface area contributed by atoms with Crippen LogP contribution in [0.2, 0.25) is 6.82 Å². The first-order chi connectivity index (χ1) is 17.5. The Hall–Kier alpha value is -1.89. The number of hydrogen-bond donors (Lipinski definition) is 1. The lowest BCUT2D eigenvalue weighted by molar-refractivity contribution is -0.126. The first-order valence-corrected chi connectivity index (χ1v) is 14.9. The van der Waals surface area contributed by atoms with Gasteiger partial charge < -0.3 is 24.8 Å². The van der Waals surface area contributed by atoms with Crippen LogP contribution in [-0.4, -0.2) is 85.7 Å². The third-order valence-electron chi connectivity index (χ3n) is 8.12. The van der Waals surface area contributed by atoms with Crippen molar-refractivity contribution < 1.29 is 14.3 Å². The van der Waals surface area contributed by atoms with Gasteiger partial charge in [-0.2, -0.15) is 8.46 Å². The standard InChI is InChI=1S/C27H39BN4O3P/c1-19-3-6-25(26(33)29-19)32-18-20-17-21(4-5-24(20)27(32)34)31-13-9-23(10-14-31)35-22-7-11-30(12-8-22)15-16-36-28-2/h4-5,17,22-23,25,36H,1,3,6-16,18H2,2H3,(H,29,33)/t25-/m0/s1. The number of ether oxygens (including phenoxy) is 1. The van der Waals surface area contributed by atoms with Crippen LogP contribution in [0.1, 0.15) is 54.4 Å². The molecule has 7 nitrogen and oxygen atoms in total. The zero-order valence-corrected chi connectivity index (χ0v) is 22.5. The number of nitrogens with zero attached hydrogens (tertiary/aromatic N) is 3. The summed E-state index contributed by atoms with van der Waals surface area (Å²) >= 11 is 0. The van der Waals surface area contributed by atoms with E-state index in [1.807, 2.05) is 6.07 Å². The molecule has 1 radical (unpaired) electrons. The number of anilines is 1. The Bertz CT molecular complexity index is 976. The van der Waals surface area contributed by atoms with Crippen LogP contribution >= 0.6 is 8.46 Å². The summed E-state index contributed by atoms with van der Waals surface area (Å²) in [7, 11) is 0.980. The SMILES string of the molecule is C=C1CC[C@H](N2Cc3cc(N4CCC(OC5CCN(CCP[B]C)CC5)CC4)ccc3C2=O)C(=O)N1. The molecule has 0 saturated carbocycles. The van der Waals surface area contributed by atoms with E-state index in [0.29, 0.717) is 25.2 Å². The Morgan fingerprint density at radius 1 is 1.08 bits per heavy atom. The number of amides is 2. The average molecular weight is 509 g/mol. The summed E-state index contributed by atoms with van der Waals surface area (Å²) in [4.78, 5) is 32.2. The van der Waals surface area contributed by atoms with Gasteiger partial charge in [0, 0.05) is 56.2 Å². The number of rotatable bonds is 8. The molecule has 2 atom stereocenters. The van der Waals surface area contributed by atoms with Gasteiger partial charge in [-0.15, -0.1) is 0 Å². The number of likely N-dealkylation sites (tertiary alicyclic amines) is 1.